The minimum Gasteiger partial charge on any atom is -0.353 e. The minimum absolute atomic E-state index is 0.0902. The van der Waals surface area contributed by atoms with E-state index in [9.17, 15) is 4.79 Å². The summed E-state index contributed by atoms with van der Waals surface area (Å²) in [6.45, 7) is 1.59. The Kier molecular flexibility index (Phi) is 5.35. The molecule has 0 radical (unpaired) electrons. The number of nitrogens with one attached hydrogen (secondary N) is 1. The minimum atomic E-state index is -0.0902. The summed E-state index contributed by atoms with van der Waals surface area (Å²) in [7, 11) is 0. The van der Waals surface area contributed by atoms with Crippen molar-refractivity contribution in [2.75, 3.05) is 6.54 Å². The molecule has 2 aromatic heterocycles. The molecule has 3 aromatic rings. The summed E-state index contributed by atoms with van der Waals surface area (Å²) < 4.78 is 2.03. The molecule has 0 saturated heterocycles. The Hall–Kier alpha value is -2.95. The number of imidazole rings is 1. The fourth-order valence-electron chi connectivity index (χ4n) is 2.44. The van der Waals surface area contributed by atoms with Crippen molar-refractivity contribution in [3.8, 4) is 0 Å². The molecule has 0 atom stereocenters. The maximum absolute atomic E-state index is 11.8. The third-order valence-electron chi connectivity index (χ3n) is 3.73. The third-order valence-corrected chi connectivity index (χ3v) is 3.73. The summed E-state index contributed by atoms with van der Waals surface area (Å²) in [4.78, 5) is 20.3. The molecule has 0 spiro atoms. The Morgan fingerprint density at radius 1 is 1.17 bits per heavy atom. The zero-order chi connectivity index (χ0) is 16.6. The predicted molar refractivity (Wildman–Crippen MR) is 95.2 cm³/mol. The van der Waals surface area contributed by atoms with Crippen molar-refractivity contribution in [3.05, 3.63) is 66.9 Å². The van der Waals surface area contributed by atoms with E-state index in [4.69, 9.17) is 0 Å². The average molecular weight is 320 g/mol. The van der Waals surface area contributed by atoms with E-state index in [1.807, 2.05) is 47.2 Å². The molecule has 2 heterocycles. The van der Waals surface area contributed by atoms with Gasteiger partial charge in [-0.2, -0.15) is 0 Å². The first kappa shape index (κ1) is 15.9. The molecule has 0 aliphatic rings. The van der Waals surface area contributed by atoms with Gasteiger partial charge < -0.3 is 9.88 Å². The van der Waals surface area contributed by atoms with Gasteiger partial charge in [0.1, 0.15) is 0 Å². The fourth-order valence-corrected chi connectivity index (χ4v) is 2.44. The molecular weight excluding hydrogens is 300 g/mol. The lowest BCUT2D eigenvalue weighted by molar-refractivity contribution is -0.116. The summed E-state index contributed by atoms with van der Waals surface area (Å²) in [5.74, 6) is -0.0902. The first-order valence-electron chi connectivity index (χ1n) is 8.09. The van der Waals surface area contributed by atoms with Gasteiger partial charge in [0, 0.05) is 36.9 Å². The van der Waals surface area contributed by atoms with Crippen molar-refractivity contribution < 1.29 is 4.79 Å². The third kappa shape index (κ3) is 4.52. The zero-order valence-electron chi connectivity index (χ0n) is 13.4. The smallest absolute Gasteiger partial charge is 0.244 e. The summed E-state index contributed by atoms with van der Waals surface area (Å²) in [6, 6.07) is 11.9. The topological polar surface area (TPSA) is 59.8 Å². The van der Waals surface area contributed by atoms with Gasteiger partial charge in [0.05, 0.1) is 17.5 Å². The standard InChI is InChI=1S/C19H20N4O/c24-19(21-11-3-4-13-23-14-12-20-15-23)10-9-17-8-7-16-5-1-2-6-18(16)22-17/h1-2,5-10,12,14-15H,3-4,11,13H2,(H,21,24)/b10-9+. The van der Waals surface area contributed by atoms with Crippen LogP contribution in [-0.2, 0) is 11.3 Å². The maximum atomic E-state index is 11.8. The SMILES string of the molecule is O=C(/C=C/c1ccc2ccccc2n1)NCCCCn1ccnc1. The number of unbranched alkanes of at least 4 members (excludes halogenated alkanes) is 1. The van der Waals surface area contributed by atoms with Crippen molar-refractivity contribution in [3.63, 3.8) is 0 Å². The van der Waals surface area contributed by atoms with Crippen LogP contribution in [0.25, 0.3) is 17.0 Å². The molecule has 24 heavy (non-hydrogen) atoms. The second-order valence-electron chi connectivity index (χ2n) is 5.56. The molecule has 3 rings (SSSR count). The largest absolute Gasteiger partial charge is 0.353 e. The van der Waals surface area contributed by atoms with Crippen LogP contribution < -0.4 is 5.32 Å². The number of aromatic nitrogens is 3. The van der Waals surface area contributed by atoms with Crippen LogP contribution in [0.4, 0.5) is 0 Å². The van der Waals surface area contributed by atoms with E-state index in [1.54, 1.807) is 18.6 Å². The zero-order valence-corrected chi connectivity index (χ0v) is 13.4. The van der Waals surface area contributed by atoms with Gasteiger partial charge in [0.15, 0.2) is 0 Å². The lowest BCUT2D eigenvalue weighted by atomic mass is 10.2. The Morgan fingerprint density at radius 2 is 2.08 bits per heavy atom. The lowest BCUT2D eigenvalue weighted by Gasteiger charge is -2.03. The highest BCUT2D eigenvalue weighted by molar-refractivity contribution is 5.91. The molecule has 0 unspecified atom stereocenters. The number of fused-ring (bicyclic) bond motifs is 1. The van der Waals surface area contributed by atoms with E-state index in [2.05, 4.69) is 15.3 Å². The molecule has 0 bridgehead atoms. The van der Waals surface area contributed by atoms with Gasteiger partial charge in [-0.1, -0.05) is 24.3 Å². The number of nitrogens with zero attached hydrogens (tertiary/aromatic N) is 3. The van der Waals surface area contributed by atoms with Gasteiger partial charge in [0.25, 0.3) is 0 Å². The normalized spacial score (nSPS) is 11.2. The second-order valence-corrected chi connectivity index (χ2v) is 5.56. The molecule has 5 nitrogen and oxygen atoms in total. The van der Waals surface area contributed by atoms with E-state index < -0.39 is 0 Å². The van der Waals surface area contributed by atoms with Crippen LogP contribution >= 0.6 is 0 Å². The van der Waals surface area contributed by atoms with Crippen LogP contribution in [0.15, 0.2) is 61.2 Å². The summed E-state index contributed by atoms with van der Waals surface area (Å²) >= 11 is 0. The van der Waals surface area contributed by atoms with Crippen molar-refractivity contribution in [2.45, 2.75) is 19.4 Å². The van der Waals surface area contributed by atoms with E-state index in [0.717, 1.165) is 36.0 Å². The van der Waals surface area contributed by atoms with Gasteiger partial charge in [-0.25, -0.2) is 9.97 Å². The molecule has 0 saturated carbocycles. The first-order valence-corrected chi connectivity index (χ1v) is 8.09. The van der Waals surface area contributed by atoms with Crippen molar-refractivity contribution in [1.29, 1.82) is 0 Å². The van der Waals surface area contributed by atoms with Gasteiger partial charge >= 0.3 is 0 Å². The summed E-state index contributed by atoms with van der Waals surface area (Å²) in [5, 5.41) is 3.99. The Labute approximate surface area is 141 Å². The number of carbonyl (C=O) groups excluding carboxylic acids is 1. The summed E-state index contributed by atoms with van der Waals surface area (Å²) in [5.41, 5.74) is 1.71. The Balaban J connectivity index is 1.42. The lowest BCUT2D eigenvalue weighted by Crippen LogP contribution is -2.22. The van der Waals surface area contributed by atoms with Gasteiger partial charge in [-0.3, -0.25) is 4.79 Å². The van der Waals surface area contributed by atoms with Crippen molar-refractivity contribution in [2.24, 2.45) is 0 Å². The van der Waals surface area contributed by atoms with E-state index in [1.165, 1.54) is 6.08 Å². The van der Waals surface area contributed by atoms with Crippen LogP contribution in [0.5, 0.6) is 0 Å². The molecule has 5 heteroatoms. The number of amides is 1. The molecule has 0 aliphatic heterocycles. The van der Waals surface area contributed by atoms with Gasteiger partial charge in [0.2, 0.25) is 5.91 Å². The quantitative estimate of drug-likeness (QED) is 0.538. The monoisotopic (exact) mass is 320 g/mol. The Morgan fingerprint density at radius 3 is 2.96 bits per heavy atom. The summed E-state index contributed by atoms with van der Waals surface area (Å²) in [6.07, 6.45) is 10.7. The highest BCUT2D eigenvalue weighted by Gasteiger charge is 1.98. The molecule has 0 aliphatic carbocycles. The number of rotatable bonds is 7. The first-order chi connectivity index (χ1) is 11.8. The number of aryl methyl sites for hydroxylation is 1. The van der Waals surface area contributed by atoms with Crippen LogP contribution in [0.1, 0.15) is 18.5 Å². The molecule has 122 valence electrons. The van der Waals surface area contributed by atoms with Crippen LogP contribution in [0.3, 0.4) is 0 Å². The predicted octanol–water partition coefficient (Wildman–Crippen LogP) is 3.04. The van der Waals surface area contributed by atoms with Crippen LogP contribution in [-0.4, -0.2) is 27.0 Å². The highest BCUT2D eigenvalue weighted by Crippen LogP contribution is 2.12. The van der Waals surface area contributed by atoms with E-state index in [0.29, 0.717) is 6.54 Å². The number of pyridine rings is 1. The maximum Gasteiger partial charge on any atom is 0.244 e. The molecule has 1 amide bonds. The number of para-hydroxylation sites is 1. The van der Waals surface area contributed by atoms with E-state index >= 15 is 0 Å². The van der Waals surface area contributed by atoms with E-state index in [-0.39, 0.29) is 5.91 Å². The number of benzene rings is 1. The highest BCUT2D eigenvalue weighted by atomic mass is 16.1. The molecule has 1 aromatic carbocycles. The number of hydrogen-bond acceptors (Lipinski definition) is 3. The van der Waals surface area contributed by atoms with Gasteiger partial charge in [-0.15, -0.1) is 0 Å². The average Bonchev–Trinajstić information content (AvgIpc) is 3.13. The molecule has 0 fully saturated rings. The second kappa shape index (κ2) is 8.06. The van der Waals surface area contributed by atoms with Crippen LogP contribution in [0.2, 0.25) is 0 Å². The van der Waals surface area contributed by atoms with Crippen molar-refractivity contribution in [1.82, 2.24) is 19.9 Å². The van der Waals surface area contributed by atoms with Gasteiger partial charge in [-0.05, 0) is 31.1 Å². The number of hydrogen-bond donors (Lipinski definition) is 1. The Bertz CT molecular complexity index is 824. The van der Waals surface area contributed by atoms with Crippen molar-refractivity contribution >= 4 is 22.9 Å². The molecule has 1 N–H and O–H groups in total. The molecular formula is C19H20N4O. The number of carbonyl (C=O) groups is 1. The fraction of sp³-hybridized carbons (Fsp3) is 0.211. The van der Waals surface area contributed by atoms with Crippen LogP contribution in [0, 0.1) is 0 Å².